The highest BCUT2D eigenvalue weighted by atomic mass is 16.5. The van der Waals surface area contributed by atoms with Crippen LogP contribution in [0.4, 0.5) is 0 Å². The van der Waals surface area contributed by atoms with Crippen LogP contribution in [0.3, 0.4) is 0 Å². The molecule has 0 aliphatic carbocycles. The number of benzene rings is 2. The third kappa shape index (κ3) is 3.11. The molecule has 110 valence electrons. The molecular weight excluding hydrogens is 258 g/mol. The zero-order valence-electron chi connectivity index (χ0n) is 12.9. The molecule has 1 N–H and O–H groups in total. The lowest BCUT2D eigenvalue weighted by atomic mass is 9.86. The van der Waals surface area contributed by atoms with Gasteiger partial charge in [0.2, 0.25) is 0 Å². The SMILES string of the molecule is COc1ccc(-c2ccc(C3CCNCC3)c(C)c2)cc1. The van der Waals surface area contributed by atoms with Crippen LogP contribution in [0.1, 0.15) is 29.9 Å². The predicted octanol–water partition coefficient (Wildman–Crippen LogP) is 4.14. The van der Waals surface area contributed by atoms with E-state index in [0.29, 0.717) is 0 Å². The molecule has 21 heavy (non-hydrogen) atoms. The number of hydrogen-bond donors (Lipinski definition) is 1. The predicted molar refractivity (Wildman–Crippen MR) is 88.0 cm³/mol. The molecule has 1 heterocycles. The third-order valence-electron chi connectivity index (χ3n) is 4.47. The van der Waals surface area contributed by atoms with Gasteiger partial charge in [-0.15, -0.1) is 0 Å². The van der Waals surface area contributed by atoms with E-state index in [0.717, 1.165) is 24.8 Å². The molecular formula is C19H23NO. The second kappa shape index (κ2) is 6.31. The maximum atomic E-state index is 5.22. The molecule has 0 atom stereocenters. The third-order valence-corrected chi connectivity index (χ3v) is 4.47. The molecule has 0 amide bonds. The summed E-state index contributed by atoms with van der Waals surface area (Å²) in [6.45, 7) is 4.53. The van der Waals surface area contributed by atoms with E-state index in [-0.39, 0.29) is 0 Å². The molecule has 2 nitrogen and oxygen atoms in total. The number of aryl methyl sites for hydroxylation is 1. The molecule has 2 heteroatoms. The first-order chi connectivity index (χ1) is 10.3. The summed E-state index contributed by atoms with van der Waals surface area (Å²) < 4.78 is 5.22. The average Bonchev–Trinajstić information content (AvgIpc) is 2.55. The van der Waals surface area contributed by atoms with Gasteiger partial charge in [-0.2, -0.15) is 0 Å². The van der Waals surface area contributed by atoms with Crippen LogP contribution in [-0.2, 0) is 0 Å². The first-order valence-electron chi connectivity index (χ1n) is 7.73. The van der Waals surface area contributed by atoms with Gasteiger partial charge in [0.15, 0.2) is 0 Å². The number of hydrogen-bond acceptors (Lipinski definition) is 2. The molecule has 0 radical (unpaired) electrons. The second-order valence-corrected chi connectivity index (χ2v) is 5.82. The minimum Gasteiger partial charge on any atom is -0.497 e. The minimum atomic E-state index is 0.719. The summed E-state index contributed by atoms with van der Waals surface area (Å²) in [5.41, 5.74) is 5.47. The minimum absolute atomic E-state index is 0.719. The summed E-state index contributed by atoms with van der Waals surface area (Å²) in [6.07, 6.45) is 2.51. The fourth-order valence-electron chi connectivity index (χ4n) is 3.23. The molecule has 1 aliphatic heterocycles. The summed E-state index contributed by atoms with van der Waals surface area (Å²) in [7, 11) is 1.70. The van der Waals surface area contributed by atoms with Crippen LogP contribution < -0.4 is 10.1 Å². The molecule has 1 saturated heterocycles. The van der Waals surface area contributed by atoms with Crippen molar-refractivity contribution in [2.75, 3.05) is 20.2 Å². The van der Waals surface area contributed by atoms with Crippen LogP contribution >= 0.6 is 0 Å². The zero-order chi connectivity index (χ0) is 14.7. The lowest BCUT2D eigenvalue weighted by Gasteiger charge is -2.24. The van der Waals surface area contributed by atoms with E-state index in [9.17, 15) is 0 Å². The van der Waals surface area contributed by atoms with E-state index in [1.807, 2.05) is 12.1 Å². The maximum absolute atomic E-state index is 5.22. The summed E-state index contributed by atoms with van der Waals surface area (Å²) in [5.74, 6) is 1.62. The zero-order valence-corrected chi connectivity index (χ0v) is 12.9. The smallest absolute Gasteiger partial charge is 0.118 e. The highest BCUT2D eigenvalue weighted by Crippen LogP contribution is 2.31. The Kier molecular flexibility index (Phi) is 4.26. The largest absolute Gasteiger partial charge is 0.497 e. The Labute approximate surface area is 127 Å². The van der Waals surface area contributed by atoms with E-state index in [4.69, 9.17) is 4.74 Å². The number of piperidine rings is 1. The van der Waals surface area contributed by atoms with Gasteiger partial charge in [-0.25, -0.2) is 0 Å². The Balaban J connectivity index is 1.85. The molecule has 1 aliphatic rings. The quantitative estimate of drug-likeness (QED) is 0.913. The summed E-state index contributed by atoms with van der Waals surface area (Å²) >= 11 is 0. The van der Waals surface area contributed by atoms with Crippen molar-refractivity contribution in [3.63, 3.8) is 0 Å². The van der Waals surface area contributed by atoms with Gasteiger partial charge in [0, 0.05) is 0 Å². The molecule has 0 unspecified atom stereocenters. The summed E-state index contributed by atoms with van der Waals surface area (Å²) in [4.78, 5) is 0. The number of rotatable bonds is 3. The number of methoxy groups -OCH3 is 1. The van der Waals surface area contributed by atoms with E-state index in [1.165, 1.54) is 35.1 Å². The summed E-state index contributed by atoms with van der Waals surface area (Å²) in [5, 5.41) is 3.44. The average molecular weight is 281 g/mol. The Hall–Kier alpha value is -1.80. The van der Waals surface area contributed by atoms with E-state index in [1.54, 1.807) is 7.11 Å². The standard InChI is InChI=1S/C19H23NO/c1-14-13-17(15-3-6-18(21-2)7-4-15)5-8-19(14)16-9-11-20-12-10-16/h3-8,13,16,20H,9-12H2,1-2H3. The van der Waals surface area contributed by atoms with Gasteiger partial charge in [0.25, 0.3) is 0 Å². The van der Waals surface area contributed by atoms with Crippen molar-refractivity contribution in [3.05, 3.63) is 53.6 Å². The molecule has 3 rings (SSSR count). The number of nitrogens with one attached hydrogen (secondary N) is 1. The van der Waals surface area contributed by atoms with Gasteiger partial charge < -0.3 is 10.1 Å². The van der Waals surface area contributed by atoms with Crippen molar-refractivity contribution in [3.8, 4) is 16.9 Å². The van der Waals surface area contributed by atoms with E-state index in [2.05, 4.69) is 42.6 Å². The molecule has 0 saturated carbocycles. The van der Waals surface area contributed by atoms with Crippen molar-refractivity contribution in [2.45, 2.75) is 25.7 Å². The second-order valence-electron chi connectivity index (χ2n) is 5.82. The van der Waals surface area contributed by atoms with Crippen LogP contribution in [0.25, 0.3) is 11.1 Å². The first-order valence-corrected chi connectivity index (χ1v) is 7.73. The van der Waals surface area contributed by atoms with Crippen molar-refractivity contribution in [1.29, 1.82) is 0 Å². The fourth-order valence-corrected chi connectivity index (χ4v) is 3.23. The van der Waals surface area contributed by atoms with Crippen LogP contribution in [0.2, 0.25) is 0 Å². The monoisotopic (exact) mass is 281 g/mol. The highest BCUT2D eigenvalue weighted by Gasteiger charge is 2.17. The molecule has 2 aromatic rings. The van der Waals surface area contributed by atoms with Crippen LogP contribution in [0.15, 0.2) is 42.5 Å². The maximum Gasteiger partial charge on any atom is 0.118 e. The normalized spacial score (nSPS) is 15.9. The fraction of sp³-hybridized carbons (Fsp3) is 0.368. The van der Waals surface area contributed by atoms with E-state index >= 15 is 0 Å². The van der Waals surface area contributed by atoms with Crippen molar-refractivity contribution in [2.24, 2.45) is 0 Å². The summed E-state index contributed by atoms with van der Waals surface area (Å²) in [6, 6.07) is 15.2. The van der Waals surface area contributed by atoms with Gasteiger partial charge >= 0.3 is 0 Å². The Morgan fingerprint density at radius 1 is 0.952 bits per heavy atom. The van der Waals surface area contributed by atoms with Gasteiger partial charge in [-0.3, -0.25) is 0 Å². The molecule has 1 fully saturated rings. The Morgan fingerprint density at radius 3 is 2.24 bits per heavy atom. The number of ether oxygens (including phenoxy) is 1. The molecule has 2 aromatic carbocycles. The van der Waals surface area contributed by atoms with Crippen LogP contribution in [0.5, 0.6) is 5.75 Å². The van der Waals surface area contributed by atoms with Gasteiger partial charge in [0.05, 0.1) is 7.11 Å². The van der Waals surface area contributed by atoms with Crippen molar-refractivity contribution < 1.29 is 4.74 Å². The topological polar surface area (TPSA) is 21.3 Å². The highest BCUT2D eigenvalue weighted by molar-refractivity contribution is 5.65. The molecule has 0 bridgehead atoms. The van der Waals surface area contributed by atoms with Crippen molar-refractivity contribution >= 4 is 0 Å². The van der Waals surface area contributed by atoms with Gasteiger partial charge in [-0.05, 0) is 73.2 Å². The van der Waals surface area contributed by atoms with Crippen LogP contribution in [-0.4, -0.2) is 20.2 Å². The van der Waals surface area contributed by atoms with Gasteiger partial charge in [-0.1, -0.05) is 30.3 Å². The lowest BCUT2D eigenvalue weighted by Crippen LogP contribution is -2.26. The Morgan fingerprint density at radius 2 is 1.62 bits per heavy atom. The molecule has 0 spiro atoms. The van der Waals surface area contributed by atoms with Crippen LogP contribution in [0, 0.1) is 6.92 Å². The van der Waals surface area contributed by atoms with Gasteiger partial charge in [0.1, 0.15) is 5.75 Å². The lowest BCUT2D eigenvalue weighted by molar-refractivity contribution is 0.415. The molecule has 0 aromatic heterocycles. The van der Waals surface area contributed by atoms with Crippen molar-refractivity contribution in [1.82, 2.24) is 5.32 Å². The Bertz CT molecular complexity index is 597. The first kappa shape index (κ1) is 14.2. The van der Waals surface area contributed by atoms with E-state index < -0.39 is 0 Å².